The summed E-state index contributed by atoms with van der Waals surface area (Å²) in [6, 6.07) is 0.557. The Morgan fingerprint density at radius 2 is 1.92 bits per heavy atom. The van der Waals surface area contributed by atoms with Crippen LogP contribution in [0.15, 0.2) is 0 Å². The average Bonchev–Trinajstić information content (AvgIpc) is 2.05. The van der Waals surface area contributed by atoms with E-state index in [9.17, 15) is 4.79 Å². The maximum atomic E-state index is 10.6. The van der Waals surface area contributed by atoms with Crippen LogP contribution in [0.3, 0.4) is 0 Å². The van der Waals surface area contributed by atoms with Crippen molar-refractivity contribution in [3.63, 3.8) is 0 Å². The van der Waals surface area contributed by atoms with Gasteiger partial charge in [0, 0.05) is 19.5 Å². The van der Waals surface area contributed by atoms with Gasteiger partial charge in [-0.2, -0.15) is 0 Å². The van der Waals surface area contributed by atoms with Crippen molar-refractivity contribution in [3.8, 4) is 0 Å². The van der Waals surface area contributed by atoms with Crippen molar-refractivity contribution in [1.29, 1.82) is 0 Å². The third-order valence-electron chi connectivity index (χ3n) is 2.37. The van der Waals surface area contributed by atoms with Gasteiger partial charge < -0.3 is 10.2 Å². The van der Waals surface area contributed by atoms with Crippen LogP contribution in [-0.4, -0.2) is 36.5 Å². The normalized spacial score (nSPS) is 13.0. The molecule has 1 atom stereocenters. The summed E-state index contributed by atoms with van der Waals surface area (Å²) in [5, 5.41) is 2.81. The molecule has 1 unspecified atom stereocenters. The second-order valence-corrected chi connectivity index (χ2v) is 3.34. The third kappa shape index (κ3) is 5.64. The summed E-state index contributed by atoms with van der Waals surface area (Å²) in [6.45, 7) is 11.0. The molecule has 0 aromatic heterocycles. The van der Waals surface area contributed by atoms with Gasteiger partial charge in [0.25, 0.3) is 0 Å². The van der Waals surface area contributed by atoms with Crippen molar-refractivity contribution in [2.45, 2.75) is 40.2 Å². The molecule has 0 spiro atoms. The SMILES string of the molecule is CCN(CC)C(C)CCNC(C)=O. The first kappa shape index (κ1) is 12.4. The molecule has 0 aromatic rings. The van der Waals surface area contributed by atoms with E-state index in [2.05, 4.69) is 31.0 Å². The number of nitrogens with zero attached hydrogens (tertiary/aromatic N) is 1. The number of nitrogens with one attached hydrogen (secondary N) is 1. The second-order valence-electron chi connectivity index (χ2n) is 3.34. The Balaban J connectivity index is 3.59. The van der Waals surface area contributed by atoms with Gasteiger partial charge in [0.2, 0.25) is 5.91 Å². The van der Waals surface area contributed by atoms with Gasteiger partial charge in [-0.05, 0) is 26.4 Å². The molecule has 3 heteroatoms. The molecular weight excluding hydrogens is 164 g/mol. The Kier molecular flexibility index (Phi) is 6.59. The van der Waals surface area contributed by atoms with E-state index in [1.54, 1.807) is 6.92 Å². The summed E-state index contributed by atoms with van der Waals surface area (Å²) < 4.78 is 0. The standard InChI is InChI=1S/C10H22N2O/c1-5-12(6-2)9(3)7-8-11-10(4)13/h9H,5-8H2,1-4H3,(H,11,13). The van der Waals surface area contributed by atoms with Gasteiger partial charge in [-0.15, -0.1) is 0 Å². The zero-order valence-corrected chi connectivity index (χ0v) is 9.26. The van der Waals surface area contributed by atoms with Gasteiger partial charge >= 0.3 is 0 Å². The number of hydrogen-bond acceptors (Lipinski definition) is 2. The number of hydrogen-bond donors (Lipinski definition) is 1. The highest BCUT2D eigenvalue weighted by Gasteiger charge is 2.08. The first-order valence-electron chi connectivity index (χ1n) is 5.10. The molecular formula is C10H22N2O. The lowest BCUT2D eigenvalue weighted by Crippen LogP contribution is -2.35. The molecule has 0 radical (unpaired) electrons. The summed E-state index contributed by atoms with van der Waals surface area (Å²) in [4.78, 5) is 13.0. The molecule has 0 fully saturated rings. The summed E-state index contributed by atoms with van der Waals surface area (Å²) in [6.07, 6.45) is 1.03. The van der Waals surface area contributed by atoms with Crippen LogP contribution in [0.4, 0.5) is 0 Å². The van der Waals surface area contributed by atoms with Crippen LogP contribution in [0.2, 0.25) is 0 Å². The Morgan fingerprint density at radius 1 is 1.38 bits per heavy atom. The fraction of sp³-hybridized carbons (Fsp3) is 0.900. The number of amides is 1. The van der Waals surface area contributed by atoms with Crippen LogP contribution in [0, 0.1) is 0 Å². The molecule has 13 heavy (non-hydrogen) atoms. The average molecular weight is 186 g/mol. The lowest BCUT2D eigenvalue weighted by molar-refractivity contribution is -0.119. The highest BCUT2D eigenvalue weighted by Crippen LogP contribution is 2.01. The quantitative estimate of drug-likeness (QED) is 0.677. The van der Waals surface area contributed by atoms with E-state index in [0.29, 0.717) is 6.04 Å². The molecule has 3 nitrogen and oxygen atoms in total. The number of carbonyl (C=O) groups excluding carboxylic acids is 1. The van der Waals surface area contributed by atoms with Gasteiger partial charge in [0.15, 0.2) is 0 Å². The van der Waals surface area contributed by atoms with E-state index in [1.807, 2.05) is 0 Å². The van der Waals surface area contributed by atoms with Crippen LogP contribution >= 0.6 is 0 Å². The van der Waals surface area contributed by atoms with E-state index < -0.39 is 0 Å². The van der Waals surface area contributed by atoms with Crippen molar-refractivity contribution >= 4 is 5.91 Å². The van der Waals surface area contributed by atoms with Gasteiger partial charge in [-0.25, -0.2) is 0 Å². The van der Waals surface area contributed by atoms with E-state index in [-0.39, 0.29) is 5.91 Å². The molecule has 0 aliphatic rings. The Bertz CT molecular complexity index is 144. The largest absolute Gasteiger partial charge is 0.356 e. The minimum atomic E-state index is 0.0618. The van der Waals surface area contributed by atoms with E-state index in [1.165, 1.54) is 0 Å². The van der Waals surface area contributed by atoms with Gasteiger partial charge in [-0.1, -0.05) is 13.8 Å². The van der Waals surface area contributed by atoms with Crippen molar-refractivity contribution in [2.75, 3.05) is 19.6 Å². The maximum Gasteiger partial charge on any atom is 0.216 e. The van der Waals surface area contributed by atoms with Gasteiger partial charge in [0.1, 0.15) is 0 Å². The summed E-state index contributed by atoms with van der Waals surface area (Å²) in [5.41, 5.74) is 0. The first-order chi connectivity index (χ1) is 6.11. The first-order valence-corrected chi connectivity index (χ1v) is 5.10. The van der Waals surface area contributed by atoms with Crippen molar-refractivity contribution < 1.29 is 4.79 Å². The minimum Gasteiger partial charge on any atom is -0.356 e. The van der Waals surface area contributed by atoms with E-state index in [0.717, 1.165) is 26.1 Å². The molecule has 0 saturated carbocycles. The second kappa shape index (κ2) is 6.89. The molecule has 0 aliphatic heterocycles. The fourth-order valence-corrected chi connectivity index (χ4v) is 1.49. The van der Waals surface area contributed by atoms with E-state index in [4.69, 9.17) is 0 Å². The van der Waals surface area contributed by atoms with Crippen molar-refractivity contribution in [2.24, 2.45) is 0 Å². The number of rotatable bonds is 6. The molecule has 0 heterocycles. The van der Waals surface area contributed by atoms with Crippen molar-refractivity contribution in [1.82, 2.24) is 10.2 Å². The predicted octanol–water partition coefficient (Wildman–Crippen LogP) is 1.24. The molecule has 0 aliphatic carbocycles. The third-order valence-corrected chi connectivity index (χ3v) is 2.37. The van der Waals surface area contributed by atoms with E-state index >= 15 is 0 Å². The minimum absolute atomic E-state index is 0.0618. The molecule has 78 valence electrons. The summed E-state index contributed by atoms with van der Waals surface area (Å²) >= 11 is 0. The van der Waals surface area contributed by atoms with Gasteiger partial charge in [-0.3, -0.25) is 4.79 Å². The van der Waals surface area contributed by atoms with Crippen LogP contribution < -0.4 is 5.32 Å². The zero-order chi connectivity index (χ0) is 10.3. The highest BCUT2D eigenvalue weighted by molar-refractivity contribution is 5.72. The lowest BCUT2D eigenvalue weighted by atomic mass is 10.2. The van der Waals surface area contributed by atoms with Crippen molar-refractivity contribution in [3.05, 3.63) is 0 Å². The van der Waals surface area contributed by atoms with Crippen LogP contribution in [-0.2, 0) is 4.79 Å². The summed E-state index contributed by atoms with van der Waals surface area (Å²) in [5.74, 6) is 0.0618. The Labute approximate surface area is 81.5 Å². The zero-order valence-electron chi connectivity index (χ0n) is 9.26. The molecule has 0 saturated heterocycles. The van der Waals surface area contributed by atoms with Crippen LogP contribution in [0.25, 0.3) is 0 Å². The Morgan fingerprint density at radius 3 is 2.31 bits per heavy atom. The molecule has 1 amide bonds. The molecule has 0 rings (SSSR count). The van der Waals surface area contributed by atoms with Crippen LogP contribution in [0.1, 0.15) is 34.1 Å². The topological polar surface area (TPSA) is 32.3 Å². The monoisotopic (exact) mass is 186 g/mol. The Hall–Kier alpha value is -0.570. The summed E-state index contributed by atoms with van der Waals surface area (Å²) in [7, 11) is 0. The molecule has 1 N–H and O–H groups in total. The fourth-order valence-electron chi connectivity index (χ4n) is 1.49. The predicted molar refractivity (Wildman–Crippen MR) is 55.7 cm³/mol. The maximum absolute atomic E-state index is 10.6. The lowest BCUT2D eigenvalue weighted by Gasteiger charge is -2.26. The number of carbonyl (C=O) groups is 1. The molecule has 0 aromatic carbocycles. The van der Waals surface area contributed by atoms with Crippen LogP contribution in [0.5, 0.6) is 0 Å². The van der Waals surface area contributed by atoms with Gasteiger partial charge in [0.05, 0.1) is 0 Å². The smallest absolute Gasteiger partial charge is 0.216 e. The highest BCUT2D eigenvalue weighted by atomic mass is 16.1. The molecule has 0 bridgehead atoms.